The summed E-state index contributed by atoms with van der Waals surface area (Å²) >= 11 is 6.03. The van der Waals surface area contributed by atoms with Gasteiger partial charge in [0.15, 0.2) is 0 Å². The summed E-state index contributed by atoms with van der Waals surface area (Å²) in [7, 11) is 0. The van der Waals surface area contributed by atoms with E-state index >= 15 is 0 Å². The van der Waals surface area contributed by atoms with Gasteiger partial charge in [-0.2, -0.15) is 0 Å². The van der Waals surface area contributed by atoms with E-state index in [0.29, 0.717) is 11.4 Å². The molecular weight excluding hydrogens is 258 g/mol. The molecule has 0 atom stereocenters. The van der Waals surface area contributed by atoms with Gasteiger partial charge in [0.1, 0.15) is 0 Å². The number of anilines is 1. The standard InChI is InChI=1S/C16H16ClNO/c1-11-4-3-5-13(8-11)9-16(19)18-14-7-6-12(2)15(17)10-14/h3-8,10H,9H2,1-2H3,(H,18,19). The highest BCUT2D eigenvalue weighted by atomic mass is 35.5. The smallest absolute Gasteiger partial charge is 0.228 e. The van der Waals surface area contributed by atoms with Crippen LogP contribution in [-0.2, 0) is 11.2 Å². The number of nitrogens with one attached hydrogen (secondary N) is 1. The maximum absolute atomic E-state index is 11.9. The topological polar surface area (TPSA) is 29.1 Å². The highest BCUT2D eigenvalue weighted by Gasteiger charge is 2.05. The Morgan fingerprint density at radius 1 is 1.16 bits per heavy atom. The lowest BCUT2D eigenvalue weighted by molar-refractivity contribution is -0.115. The Bertz CT molecular complexity index is 607. The van der Waals surface area contributed by atoms with Gasteiger partial charge in [-0.1, -0.05) is 47.5 Å². The second kappa shape index (κ2) is 5.89. The maximum Gasteiger partial charge on any atom is 0.228 e. The summed E-state index contributed by atoms with van der Waals surface area (Å²) in [5.41, 5.74) is 3.89. The Hall–Kier alpha value is -1.80. The monoisotopic (exact) mass is 273 g/mol. The van der Waals surface area contributed by atoms with Gasteiger partial charge in [0.2, 0.25) is 5.91 Å². The van der Waals surface area contributed by atoms with Crippen molar-refractivity contribution in [2.45, 2.75) is 20.3 Å². The molecule has 0 aromatic heterocycles. The Labute approximate surface area is 118 Å². The second-order valence-electron chi connectivity index (χ2n) is 4.68. The molecule has 0 unspecified atom stereocenters. The fourth-order valence-electron chi connectivity index (χ4n) is 1.88. The van der Waals surface area contributed by atoms with Gasteiger partial charge in [0.05, 0.1) is 6.42 Å². The Morgan fingerprint density at radius 3 is 2.63 bits per heavy atom. The van der Waals surface area contributed by atoms with E-state index in [4.69, 9.17) is 11.6 Å². The number of halogens is 1. The van der Waals surface area contributed by atoms with Crippen LogP contribution in [0, 0.1) is 13.8 Å². The fourth-order valence-corrected chi connectivity index (χ4v) is 2.06. The lowest BCUT2D eigenvalue weighted by Gasteiger charge is -2.07. The molecule has 3 heteroatoms. The first-order valence-corrected chi connectivity index (χ1v) is 6.54. The van der Waals surface area contributed by atoms with Gasteiger partial charge in [-0.25, -0.2) is 0 Å². The molecule has 98 valence electrons. The zero-order valence-electron chi connectivity index (χ0n) is 11.0. The van der Waals surface area contributed by atoms with Crippen LogP contribution >= 0.6 is 11.6 Å². The number of rotatable bonds is 3. The van der Waals surface area contributed by atoms with Gasteiger partial charge in [-0.3, -0.25) is 4.79 Å². The fraction of sp³-hybridized carbons (Fsp3) is 0.188. The van der Waals surface area contributed by atoms with Gasteiger partial charge in [-0.15, -0.1) is 0 Å². The normalized spacial score (nSPS) is 10.3. The number of carbonyl (C=O) groups is 1. The molecule has 2 rings (SSSR count). The summed E-state index contributed by atoms with van der Waals surface area (Å²) in [4.78, 5) is 11.9. The molecule has 1 amide bonds. The van der Waals surface area contributed by atoms with Gasteiger partial charge < -0.3 is 5.32 Å². The van der Waals surface area contributed by atoms with E-state index in [1.54, 1.807) is 6.07 Å². The van der Waals surface area contributed by atoms with Crippen molar-refractivity contribution in [3.05, 3.63) is 64.2 Å². The van der Waals surface area contributed by atoms with E-state index < -0.39 is 0 Å². The van der Waals surface area contributed by atoms with E-state index in [2.05, 4.69) is 5.32 Å². The highest BCUT2D eigenvalue weighted by molar-refractivity contribution is 6.31. The van der Waals surface area contributed by atoms with Crippen molar-refractivity contribution in [1.82, 2.24) is 0 Å². The van der Waals surface area contributed by atoms with Crippen molar-refractivity contribution in [3.63, 3.8) is 0 Å². The quantitative estimate of drug-likeness (QED) is 0.895. The van der Waals surface area contributed by atoms with E-state index in [-0.39, 0.29) is 5.91 Å². The number of carbonyl (C=O) groups excluding carboxylic acids is 1. The van der Waals surface area contributed by atoms with Crippen molar-refractivity contribution in [3.8, 4) is 0 Å². The van der Waals surface area contributed by atoms with Crippen molar-refractivity contribution in [2.75, 3.05) is 5.32 Å². The number of amides is 1. The van der Waals surface area contributed by atoms with Crippen LogP contribution < -0.4 is 5.32 Å². The molecule has 0 aliphatic rings. The predicted molar refractivity (Wildman–Crippen MR) is 79.7 cm³/mol. The minimum atomic E-state index is -0.0366. The molecule has 2 aromatic carbocycles. The molecule has 0 heterocycles. The largest absolute Gasteiger partial charge is 0.326 e. The van der Waals surface area contributed by atoms with Crippen LogP contribution in [0.5, 0.6) is 0 Å². The molecule has 2 nitrogen and oxygen atoms in total. The Morgan fingerprint density at radius 2 is 1.95 bits per heavy atom. The molecule has 0 radical (unpaired) electrons. The minimum absolute atomic E-state index is 0.0366. The first-order valence-electron chi connectivity index (χ1n) is 6.16. The van der Waals surface area contributed by atoms with Crippen LogP contribution in [0.25, 0.3) is 0 Å². The predicted octanol–water partition coefficient (Wildman–Crippen LogP) is 4.14. The molecule has 0 bridgehead atoms. The molecule has 0 saturated heterocycles. The summed E-state index contributed by atoms with van der Waals surface area (Å²) < 4.78 is 0. The lowest BCUT2D eigenvalue weighted by atomic mass is 10.1. The first kappa shape index (κ1) is 13.6. The summed E-state index contributed by atoms with van der Waals surface area (Å²) in [5, 5.41) is 3.52. The summed E-state index contributed by atoms with van der Waals surface area (Å²) in [5.74, 6) is -0.0366. The highest BCUT2D eigenvalue weighted by Crippen LogP contribution is 2.20. The third kappa shape index (κ3) is 3.83. The zero-order valence-corrected chi connectivity index (χ0v) is 11.8. The van der Waals surface area contributed by atoms with Crippen LogP contribution in [0.2, 0.25) is 5.02 Å². The molecule has 0 spiro atoms. The van der Waals surface area contributed by atoms with Crippen LogP contribution in [-0.4, -0.2) is 5.91 Å². The number of hydrogen-bond donors (Lipinski definition) is 1. The Kier molecular flexibility index (Phi) is 4.23. The van der Waals surface area contributed by atoms with Crippen molar-refractivity contribution >= 4 is 23.2 Å². The number of hydrogen-bond acceptors (Lipinski definition) is 1. The molecule has 19 heavy (non-hydrogen) atoms. The third-order valence-corrected chi connectivity index (χ3v) is 3.31. The average Bonchev–Trinajstić information content (AvgIpc) is 2.34. The van der Waals surface area contributed by atoms with E-state index in [1.807, 2.05) is 50.2 Å². The molecule has 0 aliphatic heterocycles. The van der Waals surface area contributed by atoms with E-state index in [1.165, 1.54) is 0 Å². The molecule has 0 saturated carbocycles. The summed E-state index contributed by atoms with van der Waals surface area (Å²) in [6.45, 7) is 3.95. The SMILES string of the molecule is Cc1cccc(CC(=O)Nc2ccc(C)c(Cl)c2)c1. The van der Waals surface area contributed by atoms with Crippen LogP contribution in [0.15, 0.2) is 42.5 Å². The molecule has 0 aliphatic carbocycles. The summed E-state index contributed by atoms with van der Waals surface area (Å²) in [6.07, 6.45) is 0.368. The van der Waals surface area contributed by atoms with Gasteiger partial charge >= 0.3 is 0 Å². The van der Waals surface area contributed by atoms with E-state index in [0.717, 1.165) is 22.4 Å². The lowest BCUT2D eigenvalue weighted by Crippen LogP contribution is -2.14. The van der Waals surface area contributed by atoms with Crippen LogP contribution in [0.1, 0.15) is 16.7 Å². The maximum atomic E-state index is 11.9. The van der Waals surface area contributed by atoms with E-state index in [9.17, 15) is 4.79 Å². The number of benzene rings is 2. The van der Waals surface area contributed by atoms with Crippen molar-refractivity contribution < 1.29 is 4.79 Å². The second-order valence-corrected chi connectivity index (χ2v) is 5.09. The first-order chi connectivity index (χ1) is 9.04. The third-order valence-electron chi connectivity index (χ3n) is 2.90. The van der Waals surface area contributed by atoms with Gasteiger partial charge in [0, 0.05) is 10.7 Å². The molecular formula is C16H16ClNO. The van der Waals surface area contributed by atoms with Crippen molar-refractivity contribution in [1.29, 1.82) is 0 Å². The van der Waals surface area contributed by atoms with Crippen molar-refractivity contribution in [2.24, 2.45) is 0 Å². The summed E-state index contributed by atoms with van der Waals surface area (Å²) in [6, 6.07) is 13.5. The minimum Gasteiger partial charge on any atom is -0.326 e. The Balaban J connectivity index is 2.03. The average molecular weight is 274 g/mol. The van der Waals surface area contributed by atoms with Crippen LogP contribution in [0.4, 0.5) is 5.69 Å². The van der Waals surface area contributed by atoms with Gasteiger partial charge in [-0.05, 0) is 37.1 Å². The molecule has 1 N–H and O–H groups in total. The van der Waals surface area contributed by atoms with Gasteiger partial charge in [0.25, 0.3) is 0 Å². The number of aryl methyl sites for hydroxylation is 2. The van der Waals surface area contributed by atoms with Crippen LogP contribution in [0.3, 0.4) is 0 Å². The zero-order chi connectivity index (χ0) is 13.8. The molecule has 2 aromatic rings. The molecule has 0 fully saturated rings.